The van der Waals surface area contributed by atoms with Gasteiger partial charge in [0.15, 0.2) is 12.2 Å². The van der Waals surface area contributed by atoms with E-state index in [1.165, 1.54) is 205 Å². The predicted molar refractivity (Wildman–Crippen MR) is 404 cm³/mol. The van der Waals surface area contributed by atoms with Crippen LogP contribution in [0.5, 0.6) is 0 Å². The van der Waals surface area contributed by atoms with Crippen molar-refractivity contribution in [3.05, 3.63) is 0 Å². The van der Waals surface area contributed by atoms with E-state index in [0.29, 0.717) is 31.6 Å². The third-order valence-electron chi connectivity index (χ3n) is 18.6. The number of phosphoric ester groups is 2. The largest absolute Gasteiger partial charge is 0.472 e. The van der Waals surface area contributed by atoms with Crippen LogP contribution in [0.25, 0.3) is 0 Å². The molecule has 0 fully saturated rings. The minimum atomic E-state index is -4.96. The summed E-state index contributed by atoms with van der Waals surface area (Å²) >= 11 is 0. The number of esters is 4. The molecule has 17 nitrogen and oxygen atoms in total. The van der Waals surface area contributed by atoms with Crippen LogP contribution in [0.3, 0.4) is 0 Å². The molecule has 0 aromatic rings. The molecule has 588 valence electrons. The van der Waals surface area contributed by atoms with Crippen LogP contribution in [0.15, 0.2) is 0 Å². The number of unbranched alkanes of at least 4 members (excludes halogenated alkanes) is 43. The molecule has 0 amide bonds. The second-order valence-electron chi connectivity index (χ2n) is 30.7. The Hall–Kier alpha value is -1.94. The van der Waals surface area contributed by atoms with Crippen molar-refractivity contribution in [2.75, 3.05) is 39.6 Å². The van der Waals surface area contributed by atoms with Crippen LogP contribution in [-0.4, -0.2) is 96.7 Å². The second-order valence-corrected chi connectivity index (χ2v) is 33.6. The smallest absolute Gasteiger partial charge is 0.462 e. The van der Waals surface area contributed by atoms with Gasteiger partial charge in [0.05, 0.1) is 26.4 Å². The van der Waals surface area contributed by atoms with Gasteiger partial charge in [0, 0.05) is 25.7 Å². The summed E-state index contributed by atoms with van der Waals surface area (Å²) in [6.45, 7) is 14.2. The number of aliphatic hydroxyl groups excluding tert-OH is 1. The molecule has 0 saturated carbocycles. The lowest BCUT2D eigenvalue weighted by Crippen LogP contribution is -2.30. The molecule has 0 saturated heterocycles. The van der Waals surface area contributed by atoms with Crippen molar-refractivity contribution in [1.29, 1.82) is 0 Å². The highest BCUT2D eigenvalue weighted by molar-refractivity contribution is 7.47. The van der Waals surface area contributed by atoms with E-state index in [4.69, 9.17) is 37.0 Å². The second kappa shape index (κ2) is 69.1. The Kier molecular flexibility index (Phi) is 67.8. The molecule has 0 aliphatic carbocycles. The summed E-state index contributed by atoms with van der Waals surface area (Å²) in [6.07, 6.45) is 55.7. The van der Waals surface area contributed by atoms with Crippen molar-refractivity contribution in [1.82, 2.24) is 0 Å². The predicted octanol–water partition coefficient (Wildman–Crippen LogP) is 23.6. The van der Waals surface area contributed by atoms with Gasteiger partial charge in [-0.3, -0.25) is 37.3 Å². The van der Waals surface area contributed by atoms with Gasteiger partial charge in [-0.25, -0.2) is 9.13 Å². The molecule has 0 spiro atoms. The summed E-state index contributed by atoms with van der Waals surface area (Å²) in [6, 6.07) is 0. The van der Waals surface area contributed by atoms with E-state index in [1.807, 2.05) is 0 Å². The average molecular weight is 1450 g/mol. The van der Waals surface area contributed by atoms with Gasteiger partial charge in [0.25, 0.3) is 0 Å². The first-order valence-corrected chi connectivity index (χ1v) is 44.2. The van der Waals surface area contributed by atoms with Crippen molar-refractivity contribution >= 4 is 39.5 Å². The van der Waals surface area contributed by atoms with Crippen LogP contribution < -0.4 is 0 Å². The monoisotopic (exact) mass is 1450 g/mol. The lowest BCUT2D eigenvalue weighted by atomic mass is 10.0. The van der Waals surface area contributed by atoms with E-state index in [-0.39, 0.29) is 25.7 Å². The zero-order valence-corrected chi connectivity index (χ0v) is 66.9. The van der Waals surface area contributed by atoms with Crippen molar-refractivity contribution < 1.29 is 80.2 Å². The van der Waals surface area contributed by atoms with Gasteiger partial charge < -0.3 is 33.8 Å². The molecule has 3 N–H and O–H groups in total. The van der Waals surface area contributed by atoms with Gasteiger partial charge in [0.2, 0.25) is 0 Å². The summed E-state index contributed by atoms with van der Waals surface area (Å²) in [5.74, 6) is 0.938. The number of phosphoric acid groups is 2. The van der Waals surface area contributed by atoms with Gasteiger partial charge in [-0.15, -0.1) is 0 Å². The Morgan fingerprint density at radius 2 is 0.424 bits per heavy atom. The van der Waals surface area contributed by atoms with Crippen molar-refractivity contribution in [2.24, 2.45) is 23.7 Å². The Morgan fingerprint density at radius 1 is 0.253 bits per heavy atom. The molecule has 0 rings (SSSR count). The van der Waals surface area contributed by atoms with Crippen LogP contribution in [0, 0.1) is 23.7 Å². The van der Waals surface area contributed by atoms with E-state index in [1.54, 1.807) is 0 Å². The third kappa shape index (κ3) is 74.1. The van der Waals surface area contributed by atoms with Crippen LogP contribution in [0.1, 0.15) is 409 Å². The SMILES string of the molecule is CC(C)CCCCCCCCCCCCCCCCCCC(=O)OC[C@H](COP(=O)(O)OC[C@@H](O)COP(=O)(O)OC[C@@H](COC(=O)CCCCCCCCC(C)C)OC(=O)CCCCCCCCCCCCCCC(C)C)OC(=O)CCCCCCCCCCCCCCCC(C)C. The minimum Gasteiger partial charge on any atom is -0.462 e. The van der Waals surface area contributed by atoms with Gasteiger partial charge in [0.1, 0.15) is 19.3 Å². The fourth-order valence-corrected chi connectivity index (χ4v) is 13.8. The van der Waals surface area contributed by atoms with Crippen LogP contribution in [0.4, 0.5) is 0 Å². The molecule has 0 aliphatic heterocycles. The van der Waals surface area contributed by atoms with Crippen LogP contribution >= 0.6 is 15.6 Å². The first-order chi connectivity index (χ1) is 47.6. The maximum absolute atomic E-state index is 13.1. The molecule has 99 heavy (non-hydrogen) atoms. The first kappa shape index (κ1) is 97.1. The molecule has 2 unspecified atom stereocenters. The molecular weight excluding hydrogens is 1290 g/mol. The summed E-state index contributed by atoms with van der Waals surface area (Å²) in [7, 11) is -9.92. The van der Waals surface area contributed by atoms with Gasteiger partial charge in [-0.1, -0.05) is 357 Å². The van der Waals surface area contributed by atoms with E-state index in [0.717, 1.165) is 114 Å². The topological polar surface area (TPSA) is 237 Å². The summed E-state index contributed by atoms with van der Waals surface area (Å²) in [5.41, 5.74) is 0. The van der Waals surface area contributed by atoms with E-state index in [2.05, 4.69) is 55.4 Å². The highest BCUT2D eigenvalue weighted by Crippen LogP contribution is 2.45. The minimum absolute atomic E-state index is 0.106. The highest BCUT2D eigenvalue weighted by Gasteiger charge is 2.30. The molecule has 0 radical (unpaired) electrons. The summed E-state index contributed by atoms with van der Waals surface area (Å²) in [5, 5.41) is 10.6. The number of carbonyl (C=O) groups is 4. The number of carbonyl (C=O) groups excluding carboxylic acids is 4. The molecule has 0 aromatic carbocycles. The molecule has 0 bridgehead atoms. The molecular formula is C80H156O17P2. The van der Waals surface area contributed by atoms with Crippen LogP contribution in [-0.2, 0) is 65.4 Å². The fraction of sp³-hybridized carbons (Fsp3) is 0.950. The molecule has 19 heteroatoms. The zero-order chi connectivity index (χ0) is 73.1. The fourth-order valence-electron chi connectivity index (χ4n) is 12.3. The van der Waals surface area contributed by atoms with Crippen molar-refractivity contribution in [3.8, 4) is 0 Å². The number of aliphatic hydroxyl groups is 1. The molecule has 5 atom stereocenters. The molecule has 0 aromatic heterocycles. The lowest BCUT2D eigenvalue weighted by molar-refractivity contribution is -0.161. The summed E-state index contributed by atoms with van der Waals surface area (Å²) in [4.78, 5) is 72.9. The average Bonchev–Trinajstić information content (AvgIpc) is 0.984. The number of ether oxygens (including phenoxy) is 4. The number of rotatable bonds is 77. The van der Waals surface area contributed by atoms with Gasteiger partial charge in [-0.05, 0) is 49.4 Å². The molecule has 0 aliphatic rings. The van der Waals surface area contributed by atoms with Crippen LogP contribution in [0.2, 0.25) is 0 Å². The van der Waals surface area contributed by atoms with Gasteiger partial charge in [-0.2, -0.15) is 0 Å². The van der Waals surface area contributed by atoms with Gasteiger partial charge >= 0.3 is 39.5 Å². The van der Waals surface area contributed by atoms with E-state index < -0.39 is 97.5 Å². The maximum Gasteiger partial charge on any atom is 0.472 e. The quantitative estimate of drug-likeness (QED) is 0.0222. The van der Waals surface area contributed by atoms with Crippen molar-refractivity contribution in [2.45, 2.75) is 427 Å². The summed E-state index contributed by atoms with van der Waals surface area (Å²) < 4.78 is 68.6. The Balaban J connectivity index is 5.22. The first-order valence-electron chi connectivity index (χ1n) is 41.2. The maximum atomic E-state index is 13.1. The molecule has 0 heterocycles. The Labute approximate surface area is 607 Å². The van der Waals surface area contributed by atoms with E-state index in [9.17, 15) is 43.2 Å². The normalized spacial score (nSPS) is 14.1. The number of hydrogen-bond donors (Lipinski definition) is 3. The highest BCUT2D eigenvalue weighted by atomic mass is 31.2. The van der Waals surface area contributed by atoms with E-state index >= 15 is 0 Å². The Bertz CT molecular complexity index is 1940. The van der Waals surface area contributed by atoms with Crippen molar-refractivity contribution in [3.63, 3.8) is 0 Å². The zero-order valence-electron chi connectivity index (χ0n) is 65.1. The standard InChI is InChI=1S/C80H156O17P2/c1-70(2)56-48-40-32-26-20-14-11-9-10-12-16-23-29-35-44-52-60-77(82)90-66-75(96-79(84)62-54-46-36-30-24-17-13-15-21-27-33-41-49-57-71(3)4)68-94-98(86,87)92-64-74(81)65-93-99(88,89)95-69-76(67-91-78(83)61-53-45-39-38-43-51-59-73(7)8)97-80(85)63-55-47-37-31-25-19-18-22-28-34-42-50-58-72(5)6/h70-76,81H,9-69H2,1-8H3,(H,86,87)(H,88,89)/t74-,75-,76-/m1/s1. The third-order valence-corrected chi connectivity index (χ3v) is 20.5. The Morgan fingerprint density at radius 3 is 0.626 bits per heavy atom. The lowest BCUT2D eigenvalue weighted by Gasteiger charge is -2.21. The number of hydrogen-bond acceptors (Lipinski definition) is 15.